The molecule has 4 nitrogen and oxygen atoms in total. The highest BCUT2D eigenvalue weighted by Gasteiger charge is 2.20. The zero-order valence-electron chi connectivity index (χ0n) is 20.9. The Morgan fingerprint density at radius 3 is 2.37 bits per heavy atom. The molecule has 1 aliphatic heterocycles. The van der Waals surface area contributed by atoms with E-state index < -0.39 is 0 Å². The van der Waals surface area contributed by atoms with Crippen LogP contribution in [-0.2, 0) is 0 Å². The molecule has 0 radical (unpaired) electrons. The van der Waals surface area contributed by atoms with Gasteiger partial charge >= 0.3 is 0 Å². The Hall–Kier alpha value is -3.24. The summed E-state index contributed by atoms with van der Waals surface area (Å²) < 4.78 is 0. The summed E-state index contributed by atoms with van der Waals surface area (Å²) in [5, 5.41) is 1.62. The van der Waals surface area contributed by atoms with Gasteiger partial charge < -0.3 is 15.5 Å². The second-order valence-electron chi connectivity index (χ2n) is 9.37. The normalized spacial score (nSPS) is 13.8. The van der Waals surface area contributed by atoms with Crippen LogP contribution in [0.1, 0.15) is 42.9 Å². The van der Waals surface area contributed by atoms with Crippen molar-refractivity contribution in [3.8, 4) is 11.3 Å². The van der Waals surface area contributed by atoms with E-state index in [1.807, 2.05) is 31.2 Å². The van der Waals surface area contributed by atoms with Crippen LogP contribution in [0.5, 0.6) is 0 Å². The average molecular weight is 487 g/mol. The number of fused-ring (bicyclic) bond motifs is 1. The molecule has 2 heterocycles. The largest absolute Gasteiger partial charge is 0.399 e. The lowest BCUT2D eigenvalue weighted by molar-refractivity contribution is 0.209. The number of benzene rings is 2. The number of hydrogen-bond donors (Lipinski definition) is 1. The Kier molecular flexibility index (Phi) is 7.51. The van der Waals surface area contributed by atoms with Crippen LogP contribution in [0.4, 0.5) is 0 Å². The lowest BCUT2D eigenvalue weighted by atomic mass is 10.0. The number of nitrogens with zero attached hydrogens (tertiary/aromatic N) is 3. The van der Waals surface area contributed by atoms with Crippen molar-refractivity contribution in [2.75, 3.05) is 26.2 Å². The van der Waals surface area contributed by atoms with Crippen molar-refractivity contribution >= 4 is 33.9 Å². The summed E-state index contributed by atoms with van der Waals surface area (Å²) in [5.74, 6) is 0. The fraction of sp³-hybridized carbons (Fsp3) is 0.300. The summed E-state index contributed by atoms with van der Waals surface area (Å²) in [6, 6.07) is 14.2. The molecule has 2 aromatic carbocycles. The third kappa shape index (κ3) is 5.38. The minimum absolute atomic E-state index is 0.563. The Bertz CT molecular complexity index is 1290. The Balaban J connectivity index is 1.55. The zero-order chi connectivity index (χ0) is 25.1. The first-order valence-corrected chi connectivity index (χ1v) is 12.7. The Morgan fingerprint density at radius 2 is 1.71 bits per heavy atom. The predicted octanol–water partition coefficient (Wildman–Crippen LogP) is 7.09. The Morgan fingerprint density at radius 1 is 1.00 bits per heavy atom. The maximum absolute atomic E-state index is 6.68. The number of halogens is 1. The van der Waals surface area contributed by atoms with E-state index in [1.165, 1.54) is 18.5 Å². The van der Waals surface area contributed by atoms with Crippen LogP contribution in [0, 0.1) is 6.92 Å². The van der Waals surface area contributed by atoms with Crippen LogP contribution in [0.15, 0.2) is 67.9 Å². The molecule has 0 saturated carbocycles. The fourth-order valence-electron chi connectivity index (χ4n) is 4.71. The second kappa shape index (κ2) is 10.6. The van der Waals surface area contributed by atoms with Gasteiger partial charge in [0.25, 0.3) is 0 Å². The third-order valence-corrected chi connectivity index (χ3v) is 7.20. The molecule has 0 bridgehead atoms. The van der Waals surface area contributed by atoms with Crippen molar-refractivity contribution in [2.24, 2.45) is 5.73 Å². The second-order valence-corrected chi connectivity index (χ2v) is 9.77. The zero-order valence-corrected chi connectivity index (χ0v) is 21.7. The summed E-state index contributed by atoms with van der Waals surface area (Å²) in [7, 11) is 0. The summed E-state index contributed by atoms with van der Waals surface area (Å²) in [6.07, 6.45) is 3.48. The number of aromatic nitrogens is 1. The van der Waals surface area contributed by atoms with Crippen LogP contribution < -0.4 is 5.73 Å². The smallest absolute Gasteiger partial charge is 0.0731 e. The lowest BCUT2D eigenvalue weighted by Crippen LogP contribution is -2.44. The monoisotopic (exact) mass is 486 g/mol. The quantitative estimate of drug-likeness (QED) is 0.369. The number of unbranched alkanes of at least 4 members (excludes halogenated alkanes) is 1. The Labute approximate surface area is 214 Å². The number of allylic oxidation sites excluding steroid dienone is 1. The van der Waals surface area contributed by atoms with Gasteiger partial charge in [-0.15, -0.1) is 0 Å². The highest BCUT2D eigenvalue weighted by molar-refractivity contribution is 6.35. The molecule has 1 saturated heterocycles. The summed E-state index contributed by atoms with van der Waals surface area (Å²) in [6.45, 7) is 20.7. The highest BCUT2D eigenvalue weighted by atomic mass is 35.5. The molecule has 0 aliphatic carbocycles. The van der Waals surface area contributed by atoms with Crippen LogP contribution in [0.3, 0.4) is 0 Å². The van der Waals surface area contributed by atoms with Crippen molar-refractivity contribution < 1.29 is 0 Å². The predicted molar refractivity (Wildman–Crippen MR) is 151 cm³/mol. The number of piperazine rings is 1. The molecule has 0 unspecified atom stereocenters. The molecule has 35 heavy (non-hydrogen) atoms. The van der Waals surface area contributed by atoms with Crippen molar-refractivity contribution in [3.05, 3.63) is 89.6 Å². The van der Waals surface area contributed by atoms with Gasteiger partial charge in [-0.25, -0.2) is 4.98 Å². The maximum atomic E-state index is 6.68. The van der Waals surface area contributed by atoms with E-state index in [2.05, 4.69) is 54.7 Å². The van der Waals surface area contributed by atoms with Gasteiger partial charge in [0.2, 0.25) is 0 Å². The first-order chi connectivity index (χ1) is 16.8. The topological polar surface area (TPSA) is 45.4 Å². The first-order valence-electron chi connectivity index (χ1n) is 12.3. The van der Waals surface area contributed by atoms with Gasteiger partial charge in [0, 0.05) is 54.2 Å². The number of nitrogens with two attached hydrogens (primary N) is 1. The van der Waals surface area contributed by atoms with Crippen LogP contribution >= 0.6 is 11.6 Å². The number of rotatable bonds is 8. The maximum Gasteiger partial charge on any atom is 0.0731 e. The van der Waals surface area contributed by atoms with Crippen molar-refractivity contribution in [2.45, 2.75) is 33.1 Å². The number of pyridine rings is 1. The summed E-state index contributed by atoms with van der Waals surface area (Å²) in [4.78, 5) is 9.73. The van der Waals surface area contributed by atoms with E-state index in [-0.39, 0.29) is 0 Å². The molecular weight excluding hydrogens is 452 g/mol. The van der Waals surface area contributed by atoms with Crippen LogP contribution in [-0.4, -0.2) is 41.0 Å². The lowest BCUT2D eigenvalue weighted by Gasteiger charge is -2.39. The molecule has 2 N–H and O–H groups in total. The minimum atomic E-state index is 0.563. The number of hydrogen-bond acceptors (Lipinski definition) is 4. The molecule has 0 spiro atoms. The van der Waals surface area contributed by atoms with E-state index in [0.29, 0.717) is 10.7 Å². The highest BCUT2D eigenvalue weighted by Crippen LogP contribution is 2.32. The average Bonchev–Trinajstić information content (AvgIpc) is 2.86. The van der Waals surface area contributed by atoms with Gasteiger partial charge in [0.15, 0.2) is 0 Å². The summed E-state index contributed by atoms with van der Waals surface area (Å²) >= 11 is 6.68. The molecule has 1 aliphatic rings. The minimum Gasteiger partial charge on any atom is -0.399 e. The SMILES string of the molecule is C=C(N)c1ccc(-c2cc(Cl)c3ccc(C(=C)N4CCN(C(=C)CCCC)CC4)cc3n2)cc1C. The molecule has 0 atom stereocenters. The van der Waals surface area contributed by atoms with Gasteiger partial charge in [-0.1, -0.05) is 68.9 Å². The molecule has 1 fully saturated rings. The van der Waals surface area contributed by atoms with Gasteiger partial charge in [0.05, 0.1) is 16.2 Å². The van der Waals surface area contributed by atoms with Gasteiger partial charge in [-0.3, -0.25) is 0 Å². The van der Waals surface area contributed by atoms with E-state index >= 15 is 0 Å². The molecule has 0 amide bonds. The number of aryl methyl sites for hydroxylation is 1. The van der Waals surface area contributed by atoms with Crippen molar-refractivity contribution in [1.82, 2.24) is 14.8 Å². The van der Waals surface area contributed by atoms with Gasteiger partial charge in [-0.05, 0) is 54.7 Å². The molecule has 4 rings (SSSR count). The first kappa shape index (κ1) is 24.9. The van der Waals surface area contributed by atoms with Gasteiger partial charge in [0.1, 0.15) is 0 Å². The fourth-order valence-corrected chi connectivity index (χ4v) is 4.97. The standard InChI is InChI=1S/C30H35ClN4/c1-6-7-8-21(3)34-13-15-35(16-14-34)23(5)24-9-12-27-28(31)19-29(33-30(27)18-24)25-10-11-26(22(4)32)20(2)17-25/h9-12,17-19H,3-8,13-16,32H2,1-2H3. The van der Waals surface area contributed by atoms with E-state index in [0.717, 1.165) is 77.1 Å². The van der Waals surface area contributed by atoms with Gasteiger partial charge in [-0.2, -0.15) is 0 Å². The van der Waals surface area contributed by atoms with E-state index in [4.69, 9.17) is 22.3 Å². The van der Waals surface area contributed by atoms with E-state index in [1.54, 1.807) is 0 Å². The van der Waals surface area contributed by atoms with Crippen molar-refractivity contribution in [3.63, 3.8) is 0 Å². The molecule has 3 aromatic rings. The molecule has 1 aromatic heterocycles. The molecule has 5 heteroatoms. The van der Waals surface area contributed by atoms with Crippen LogP contribution in [0.25, 0.3) is 33.6 Å². The van der Waals surface area contributed by atoms with E-state index in [9.17, 15) is 0 Å². The molecule has 182 valence electrons. The third-order valence-electron chi connectivity index (χ3n) is 6.89. The van der Waals surface area contributed by atoms with Crippen molar-refractivity contribution in [1.29, 1.82) is 0 Å². The van der Waals surface area contributed by atoms with Crippen LogP contribution in [0.2, 0.25) is 5.02 Å². The summed E-state index contributed by atoms with van der Waals surface area (Å²) in [5.41, 5.74) is 14.5. The molecular formula is C30H35ClN4.